The predicted octanol–water partition coefficient (Wildman–Crippen LogP) is 4.61. The van der Waals surface area contributed by atoms with Crippen LogP contribution in [0.5, 0.6) is 0 Å². The minimum Gasteiger partial charge on any atom is -0.480 e. The topological polar surface area (TPSA) is 66.4 Å². The van der Waals surface area contributed by atoms with Crippen LogP contribution in [0.2, 0.25) is 0 Å². The second-order valence-electron chi connectivity index (χ2n) is 7.54. The van der Waals surface area contributed by atoms with Gasteiger partial charge in [0.25, 0.3) is 5.91 Å². The van der Waals surface area contributed by atoms with Gasteiger partial charge in [0.2, 0.25) is 0 Å². The standard InChI is InChI=1S/C24H25NO3/c1-24(2,23(27)28)25-22(26)21-16-15-18-12-6-7-13-19(18)20(21)14-8-11-17-9-4-3-5-10-17/h3-7,9-10,12-13,15-16H,8,11,14H2,1-2H3,(H,25,26)(H,27,28). The second kappa shape index (κ2) is 8.26. The summed E-state index contributed by atoms with van der Waals surface area (Å²) in [6.07, 6.45) is 2.57. The summed E-state index contributed by atoms with van der Waals surface area (Å²) >= 11 is 0. The summed E-state index contributed by atoms with van der Waals surface area (Å²) in [4.78, 5) is 24.3. The maximum Gasteiger partial charge on any atom is 0.328 e. The van der Waals surface area contributed by atoms with E-state index in [1.165, 1.54) is 19.4 Å². The Hall–Kier alpha value is -3.14. The van der Waals surface area contributed by atoms with Crippen LogP contribution in [0.4, 0.5) is 0 Å². The Morgan fingerprint density at radius 3 is 2.29 bits per heavy atom. The third-order valence-corrected chi connectivity index (χ3v) is 4.98. The zero-order valence-electron chi connectivity index (χ0n) is 16.2. The van der Waals surface area contributed by atoms with Crippen molar-refractivity contribution >= 4 is 22.6 Å². The van der Waals surface area contributed by atoms with E-state index in [-0.39, 0.29) is 5.91 Å². The van der Waals surface area contributed by atoms with E-state index in [4.69, 9.17) is 0 Å². The SMILES string of the molecule is CC(C)(NC(=O)c1ccc2ccccc2c1CCCc1ccccc1)C(=O)O. The van der Waals surface area contributed by atoms with E-state index in [1.807, 2.05) is 48.5 Å². The number of aryl methyl sites for hydroxylation is 2. The number of hydrogen-bond donors (Lipinski definition) is 2. The Bertz CT molecular complexity index is 993. The maximum absolute atomic E-state index is 12.9. The number of aliphatic carboxylic acids is 1. The number of carboxylic acids is 1. The lowest BCUT2D eigenvalue weighted by molar-refractivity contribution is -0.143. The molecule has 0 aliphatic rings. The number of carbonyl (C=O) groups is 2. The van der Waals surface area contributed by atoms with Gasteiger partial charge in [-0.05, 0) is 61.1 Å². The van der Waals surface area contributed by atoms with E-state index in [2.05, 4.69) is 17.4 Å². The molecule has 4 nitrogen and oxygen atoms in total. The van der Waals surface area contributed by atoms with Crippen molar-refractivity contribution in [3.8, 4) is 0 Å². The van der Waals surface area contributed by atoms with Gasteiger partial charge in [-0.1, -0.05) is 60.7 Å². The van der Waals surface area contributed by atoms with Gasteiger partial charge in [-0.15, -0.1) is 0 Å². The molecule has 0 aliphatic carbocycles. The van der Waals surface area contributed by atoms with Crippen molar-refractivity contribution < 1.29 is 14.7 Å². The van der Waals surface area contributed by atoms with Crippen LogP contribution in [-0.4, -0.2) is 22.5 Å². The highest BCUT2D eigenvalue weighted by Crippen LogP contribution is 2.25. The minimum atomic E-state index is -1.33. The third kappa shape index (κ3) is 4.39. The first kappa shape index (κ1) is 19.6. The fourth-order valence-electron chi connectivity index (χ4n) is 3.34. The Morgan fingerprint density at radius 1 is 0.893 bits per heavy atom. The highest BCUT2D eigenvalue weighted by Gasteiger charge is 2.30. The molecule has 144 valence electrons. The van der Waals surface area contributed by atoms with Crippen molar-refractivity contribution in [3.63, 3.8) is 0 Å². The van der Waals surface area contributed by atoms with Gasteiger partial charge < -0.3 is 10.4 Å². The molecule has 0 bridgehead atoms. The average molecular weight is 375 g/mol. The van der Waals surface area contributed by atoms with Crippen LogP contribution in [0.15, 0.2) is 66.7 Å². The number of carbonyl (C=O) groups excluding carboxylic acids is 1. The van der Waals surface area contributed by atoms with Crippen molar-refractivity contribution in [2.24, 2.45) is 0 Å². The molecule has 0 fully saturated rings. The quantitative estimate of drug-likeness (QED) is 0.634. The van der Waals surface area contributed by atoms with Crippen LogP contribution >= 0.6 is 0 Å². The van der Waals surface area contributed by atoms with Gasteiger partial charge in [-0.2, -0.15) is 0 Å². The largest absolute Gasteiger partial charge is 0.480 e. The molecule has 0 heterocycles. The monoisotopic (exact) mass is 375 g/mol. The summed E-state index contributed by atoms with van der Waals surface area (Å²) in [6.45, 7) is 2.98. The normalized spacial score (nSPS) is 11.4. The molecule has 3 rings (SSSR count). The van der Waals surface area contributed by atoms with Crippen LogP contribution < -0.4 is 5.32 Å². The van der Waals surface area contributed by atoms with Crippen LogP contribution in [-0.2, 0) is 17.6 Å². The fraction of sp³-hybridized carbons (Fsp3) is 0.250. The van der Waals surface area contributed by atoms with Crippen molar-refractivity contribution in [1.29, 1.82) is 0 Å². The zero-order chi connectivity index (χ0) is 20.1. The van der Waals surface area contributed by atoms with Crippen LogP contribution in [0.1, 0.15) is 41.8 Å². The molecule has 0 saturated heterocycles. The van der Waals surface area contributed by atoms with Crippen molar-refractivity contribution in [3.05, 3.63) is 83.4 Å². The highest BCUT2D eigenvalue weighted by molar-refractivity contribution is 6.03. The van der Waals surface area contributed by atoms with E-state index in [0.717, 1.165) is 35.6 Å². The summed E-state index contributed by atoms with van der Waals surface area (Å²) in [5.74, 6) is -1.42. The summed E-state index contributed by atoms with van der Waals surface area (Å²) in [5.41, 5.74) is 1.44. The number of carboxylic acid groups (broad SMARTS) is 1. The lowest BCUT2D eigenvalue weighted by atomic mass is 9.93. The first-order valence-corrected chi connectivity index (χ1v) is 9.49. The highest BCUT2D eigenvalue weighted by atomic mass is 16.4. The number of fused-ring (bicyclic) bond motifs is 1. The lowest BCUT2D eigenvalue weighted by Crippen LogP contribution is -2.49. The van der Waals surface area contributed by atoms with Crippen molar-refractivity contribution in [2.45, 2.75) is 38.6 Å². The van der Waals surface area contributed by atoms with E-state index < -0.39 is 11.5 Å². The zero-order valence-corrected chi connectivity index (χ0v) is 16.2. The Balaban J connectivity index is 1.90. The van der Waals surface area contributed by atoms with Gasteiger partial charge >= 0.3 is 5.97 Å². The number of nitrogens with one attached hydrogen (secondary N) is 1. The van der Waals surface area contributed by atoms with Crippen LogP contribution in [0.25, 0.3) is 10.8 Å². The minimum absolute atomic E-state index is 0.354. The Morgan fingerprint density at radius 2 is 1.57 bits per heavy atom. The van der Waals surface area contributed by atoms with Gasteiger partial charge in [0, 0.05) is 5.56 Å². The number of benzene rings is 3. The molecule has 1 amide bonds. The van der Waals surface area contributed by atoms with Gasteiger partial charge in [0.15, 0.2) is 0 Å². The Kier molecular flexibility index (Phi) is 5.78. The molecule has 0 aliphatic heterocycles. The summed E-state index contributed by atoms with van der Waals surface area (Å²) < 4.78 is 0. The number of rotatable bonds is 7. The first-order chi connectivity index (χ1) is 13.4. The molecule has 0 aromatic heterocycles. The lowest BCUT2D eigenvalue weighted by Gasteiger charge is -2.22. The fourth-order valence-corrected chi connectivity index (χ4v) is 3.34. The molecule has 3 aromatic rings. The van der Waals surface area contributed by atoms with E-state index in [0.29, 0.717) is 5.56 Å². The van der Waals surface area contributed by atoms with E-state index in [1.54, 1.807) is 6.07 Å². The molecule has 28 heavy (non-hydrogen) atoms. The summed E-state index contributed by atoms with van der Waals surface area (Å²) in [7, 11) is 0. The Labute approximate surface area is 165 Å². The summed E-state index contributed by atoms with van der Waals surface area (Å²) in [5, 5.41) is 14.1. The van der Waals surface area contributed by atoms with Gasteiger partial charge in [0.1, 0.15) is 5.54 Å². The summed E-state index contributed by atoms with van der Waals surface area (Å²) in [6, 6.07) is 22.0. The maximum atomic E-state index is 12.9. The predicted molar refractivity (Wildman–Crippen MR) is 112 cm³/mol. The van der Waals surface area contributed by atoms with E-state index in [9.17, 15) is 14.7 Å². The molecule has 2 N–H and O–H groups in total. The van der Waals surface area contributed by atoms with Gasteiger partial charge in [-0.3, -0.25) is 4.79 Å². The number of amides is 1. The first-order valence-electron chi connectivity index (χ1n) is 9.49. The molecule has 0 unspecified atom stereocenters. The average Bonchev–Trinajstić information content (AvgIpc) is 2.68. The van der Waals surface area contributed by atoms with Crippen molar-refractivity contribution in [2.75, 3.05) is 0 Å². The molecular formula is C24H25NO3. The molecule has 3 aromatic carbocycles. The molecule has 0 spiro atoms. The smallest absolute Gasteiger partial charge is 0.328 e. The molecule has 0 saturated carbocycles. The molecule has 4 heteroatoms. The number of hydrogen-bond acceptors (Lipinski definition) is 2. The molecule has 0 atom stereocenters. The molecular weight excluding hydrogens is 350 g/mol. The second-order valence-corrected chi connectivity index (χ2v) is 7.54. The van der Waals surface area contributed by atoms with Crippen LogP contribution in [0.3, 0.4) is 0 Å². The van der Waals surface area contributed by atoms with Gasteiger partial charge in [-0.25, -0.2) is 4.79 Å². The van der Waals surface area contributed by atoms with Crippen LogP contribution in [0, 0.1) is 0 Å². The van der Waals surface area contributed by atoms with Crippen molar-refractivity contribution in [1.82, 2.24) is 5.32 Å². The third-order valence-electron chi connectivity index (χ3n) is 4.98. The van der Waals surface area contributed by atoms with Gasteiger partial charge in [0.05, 0.1) is 0 Å². The molecule has 0 radical (unpaired) electrons. The van der Waals surface area contributed by atoms with E-state index >= 15 is 0 Å².